The zero-order chi connectivity index (χ0) is 24.2. The molecule has 0 aromatic heterocycles. The second-order valence-electron chi connectivity index (χ2n) is 6.37. The maximum atomic E-state index is 11.1. The molecule has 0 saturated carbocycles. The molecule has 0 spiro atoms. The van der Waals surface area contributed by atoms with Crippen LogP contribution in [0.2, 0.25) is 0 Å². The van der Waals surface area contributed by atoms with Crippen LogP contribution in [0.15, 0.2) is 18.2 Å². The highest BCUT2D eigenvalue weighted by Crippen LogP contribution is 2.33. The van der Waals surface area contributed by atoms with Crippen LogP contribution < -0.4 is 5.32 Å². The molecular weight excluding hydrogens is 442 g/mol. The fraction of sp³-hybridized carbons (Fsp3) is 0.700. The van der Waals surface area contributed by atoms with Crippen molar-refractivity contribution in [2.75, 3.05) is 91.1 Å². The third kappa shape index (κ3) is 13.7. The minimum Gasteiger partial charge on any atom is -0.379 e. The Bertz CT molecular complexity index is 645. The van der Waals surface area contributed by atoms with Crippen molar-refractivity contribution >= 4 is 17.1 Å². The lowest BCUT2D eigenvalue weighted by Gasteiger charge is -2.09. The lowest BCUT2D eigenvalue weighted by Crippen LogP contribution is -2.15. The van der Waals surface area contributed by atoms with Gasteiger partial charge in [0.2, 0.25) is 0 Å². The van der Waals surface area contributed by atoms with Crippen LogP contribution in [0.3, 0.4) is 0 Å². The van der Waals surface area contributed by atoms with Crippen LogP contribution in [0.5, 0.6) is 0 Å². The second kappa shape index (κ2) is 19.1. The first-order valence-corrected chi connectivity index (χ1v) is 10.7. The Hall–Kier alpha value is -2.42. The number of anilines is 1. The number of hydrogen-bond acceptors (Lipinski definition) is 11. The monoisotopic (exact) mass is 475 g/mol. The van der Waals surface area contributed by atoms with Gasteiger partial charge >= 0.3 is 0 Å². The van der Waals surface area contributed by atoms with Crippen LogP contribution >= 0.6 is 0 Å². The van der Waals surface area contributed by atoms with E-state index < -0.39 is 9.85 Å². The SMILES string of the molecule is CCOCCOCCOCCOCCOCCOCCNc1c([N+](=O)[O-])cccc1[N+](=O)[O-]. The van der Waals surface area contributed by atoms with E-state index in [0.29, 0.717) is 72.7 Å². The molecule has 0 saturated heterocycles. The number of rotatable bonds is 22. The lowest BCUT2D eigenvalue weighted by molar-refractivity contribution is -0.392. The average molecular weight is 475 g/mol. The Morgan fingerprint density at radius 2 is 1.03 bits per heavy atom. The summed E-state index contributed by atoms with van der Waals surface area (Å²) in [4.78, 5) is 20.8. The molecule has 13 nitrogen and oxygen atoms in total. The summed E-state index contributed by atoms with van der Waals surface area (Å²) in [5.74, 6) is 0. The van der Waals surface area contributed by atoms with Gasteiger partial charge in [-0.25, -0.2) is 0 Å². The first-order chi connectivity index (χ1) is 16.1. The predicted molar refractivity (Wildman–Crippen MR) is 119 cm³/mol. The van der Waals surface area contributed by atoms with E-state index in [1.165, 1.54) is 18.2 Å². The molecule has 0 aliphatic heterocycles. The number of benzene rings is 1. The van der Waals surface area contributed by atoms with Crippen LogP contribution in [0.25, 0.3) is 0 Å². The van der Waals surface area contributed by atoms with Gasteiger partial charge in [-0.2, -0.15) is 0 Å². The smallest absolute Gasteiger partial charge is 0.299 e. The van der Waals surface area contributed by atoms with Gasteiger partial charge in [-0.15, -0.1) is 0 Å². The first kappa shape index (κ1) is 28.6. The summed E-state index contributed by atoms with van der Waals surface area (Å²) in [7, 11) is 0. The number of para-hydroxylation sites is 1. The van der Waals surface area contributed by atoms with Gasteiger partial charge in [0.1, 0.15) is 0 Å². The molecule has 0 aliphatic carbocycles. The van der Waals surface area contributed by atoms with Crippen molar-refractivity contribution in [2.45, 2.75) is 6.92 Å². The molecule has 13 heteroatoms. The van der Waals surface area contributed by atoms with E-state index in [-0.39, 0.29) is 30.2 Å². The van der Waals surface area contributed by atoms with Crippen molar-refractivity contribution in [2.24, 2.45) is 0 Å². The molecule has 0 fully saturated rings. The van der Waals surface area contributed by atoms with Gasteiger partial charge in [-0.1, -0.05) is 0 Å². The minimum absolute atomic E-state index is 0.137. The topological polar surface area (TPSA) is 154 Å². The molecule has 1 aromatic rings. The summed E-state index contributed by atoms with van der Waals surface area (Å²) < 4.78 is 31.9. The zero-order valence-electron chi connectivity index (χ0n) is 18.9. The normalized spacial score (nSPS) is 10.9. The van der Waals surface area contributed by atoms with E-state index in [4.69, 9.17) is 28.4 Å². The van der Waals surface area contributed by atoms with Crippen molar-refractivity contribution in [3.05, 3.63) is 38.4 Å². The van der Waals surface area contributed by atoms with Crippen molar-refractivity contribution in [3.63, 3.8) is 0 Å². The molecule has 0 unspecified atom stereocenters. The zero-order valence-corrected chi connectivity index (χ0v) is 18.9. The molecule has 0 aliphatic rings. The first-order valence-electron chi connectivity index (χ1n) is 10.7. The van der Waals surface area contributed by atoms with Crippen molar-refractivity contribution < 1.29 is 38.3 Å². The molecule has 188 valence electrons. The minimum atomic E-state index is -0.669. The molecule has 0 radical (unpaired) electrons. The Labute approximate surface area is 192 Å². The number of nitro benzene ring substituents is 2. The number of ether oxygens (including phenoxy) is 6. The highest BCUT2D eigenvalue weighted by Gasteiger charge is 2.24. The van der Waals surface area contributed by atoms with Crippen molar-refractivity contribution in [1.82, 2.24) is 0 Å². The van der Waals surface area contributed by atoms with Crippen LogP contribution in [-0.4, -0.2) is 95.7 Å². The van der Waals surface area contributed by atoms with E-state index in [0.717, 1.165) is 0 Å². The molecule has 0 amide bonds. The van der Waals surface area contributed by atoms with Gasteiger partial charge in [0.05, 0.1) is 82.5 Å². The molecule has 0 atom stereocenters. The van der Waals surface area contributed by atoms with E-state index in [1.54, 1.807) is 0 Å². The molecular formula is C20H33N3O10. The van der Waals surface area contributed by atoms with E-state index in [1.807, 2.05) is 6.92 Å². The summed E-state index contributed by atoms with van der Waals surface area (Å²) in [5.41, 5.74) is -0.852. The molecule has 33 heavy (non-hydrogen) atoms. The van der Waals surface area contributed by atoms with Gasteiger partial charge in [-0.05, 0) is 13.0 Å². The average Bonchev–Trinajstić information content (AvgIpc) is 2.80. The third-order valence-electron chi connectivity index (χ3n) is 4.03. The van der Waals surface area contributed by atoms with Gasteiger partial charge in [0.15, 0.2) is 5.69 Å². The second-order valence-corrected chi connectivity index (χ2v) is 6.37. The lowest BCUT2D eigenvalue weighted by atomic mass is 10.2. The predicted octanol–water partition coefficient (Wildman–Crippen LogP) is 2.03. The Kier molecular flexibility index (Phi) is 16.5. The molecule has 1 aromatic carbocycles. The van der Waals surface area contributed by atoms with Gasteiger partial charge in [0, 0.05) is 25.3 Å². The Morgan fingerprint density at radius 1 is 0.667 bits per heavy atom. The van der Waals surface area contributed by atoms with Gasteiger partial charge < -0.3 is 33.7 Å². The van der Waals surface area contributed by atoms with E-state index in [9.17, 15) is 20.2 Å². The van der Waals surface area contributed by atoms with Gasteiger partial charge in [-0.3, -0.25) is 20.2 Å². The summed E-state index contributed by atoms with van der Waals surface area (Å²) in [6, 6.07) is 3.68. The summed E-state index contributed by atoms with van der Waals surface area (Å²) in [6.07, 6.45) is 0. The maximum absolute atomic E-state index is 11.1. The molecule has 0 bridgehead atoms. The van der Waals surface area contributed by atoms with Crippen molar-refractivity contribution in [3.8, 4) is 0 Å². The van der Waals surface area contributed by atoms with Crippen LogP contribution in [0.1, 0.15) is 6.92 Å². The summed E-state index contributed by atoms with van der Waals surface area (Å²) >= 11 is 0. The van der Waals surface area contributed by atoms with Gasteiger partial charge in [0.25, 0.3) is 11.4 Å². The highest BCUT2D eigenvalue weighted by molar-refractivity contribution is 5.73. The van der Waals surface area contributed by atoms with Crippen LogP contribution in [0.4, 0.5) is 17.1 Å². The van der Waals surface area contributed by atoms with Crippen LogP contribution in [-0.2, 0) is 28.4 Å². The third-order valence-corrected chi connectivity index (χ3v) is 4.03. The number of hydrogen-bond donors (Lipinski definition) is 1. The molecule has 1 rings (SSSR count). The fourth-order valence-corrected chi connectivity index (χ4v) is 2.51. The number of nitrogens with zero attached hydrogens (tertiary/aromatic N) is 2. The van der Waals surface area contributed by atoms with Crippen molar-refractivity contribution in [1.29, 1.82) is 0 Å². The van der Waals surface area contributed by atoms with E-state index in [2.05, 4.69) is 5.32 Å². The Morgan fingerprint density at radius 3 is 1.39 bits per heavy atom. The highest BCUT2D eigenvalue weighted by atomic mass is 16.6. The quantitative estimate of drug-likeness (QED) is 0.149. The number of nitrogens with one attached hydrogen (secondary N) is 1. The van der Waals surface area contributed by atoms with Crippen LogP contribution in [0, 0.1) is 20.2 Å². The summed E-state index contributed by atoms with van der Waals surface area (Å²) in [5, 5.41) is 24.8. The fourth-order valence-electron chi connectivity index (χ4n) is 2.51. The maximum Gasteiger partial charge on any atom is 0.299 e. The molecule has 1 N–H and O–H groups in total. The molecule has 0 heterocycles. The summed E-state index contributed by atoms with van der Waals surface area (Å²) in [6.45, 7) is 7.60. The van der Waals surface area contributed by atoms with E-state index >= 15 is 0 Å². The standard InChI is InChI=1S/C20H33N3O10/c1-2-28-8-9-30-12-13-32-16-17-33-15-14-31-11-10-29-7-6-21-20-18(22(24)25)4-3-5-19(20)23(26)27/h3-5,21H,2,6-17H2,1H3. The Balaban J connectivity index is 1.95. The number of nitro groups is 2. The largest absolute Gasteiger partial charge is 0.379 e.